The average molecular weight is 317 g/mol. The number of nitrogens with two attached hydrogens (primary N) is 1. The average Bonchev–Trinajstić information content (AvgIpc) is 2.93. The summed E-state index contributed by atoms with van der Waals surface area (Å²) in [6.45, 7) is 2.25. The van der Waals surface area contributed by atoms with Crippen LogP contribution < -0.4 is 5.73 Å². The molecule has 1 atom stereocenters. The second-order valence-corrected chi connectivity index (χ2v) is 6.04. The van der Waals surface area contributed by atoms with Crippen molar-refractivity contribution in [3.63, 3.8) is 0 Å². The van der Waals surface area contributed by atoms with Crippen molar-refractivity contribution in [2.24, 2.45) is 0 Å². The molecule has 118 valence electrons. The first-order valence-electron chi connectivity index (χ1n) is 7.93. The monoisotopic (exact) mass is 316 g/mol. The summed E-state index contributed by atoms with van der Waals surface area (Å²) in [7, 11) is 0. The standard InChI is InChI=1S/C19H24N2.ClH/c20-18-9-4-8-17(14-18)15-21-13-5-10-19(21)12-11-16-6-2-1-3-7-16;/h1-4,6-9,14,19H,5,10-13,15,20H2;1H. The summed E-state index contributed by atoms with van der Waals surface area (Å²) >= 11 is 0. The molecule has 1 fully saturated rings. The zero-order chi connectivity index (χ0) is 14.5. The van der Waals surface area contributed by atoms with Crippen LogP contribution >= 0.6 is 12.4 Å². The van der Waals surface area contributed by atoms with Gasteiger partial charge < -0.3 is 5.73 Å². The maximum absolute atomic E-state index is 5.88. The van der Waals surface area contributed by atoms with E-state index in [9.17, 15) is 0 Å². The van der Waals surface area contributed by atoms with Gasteiger partial charge in [-0.3, -0.25) is 4.90 Å². The van der Waals surface area contributed by atoms with Crippen molar-refractivity contribution >= 4 is 18.1 Å². The topological polar surface area (TPSA) is 29.3 Å². The molecule has 0 aliphatic carbocycles. The maximum atomic E-state index is 5.88. The van der Waals surface area contributed by atoms with Gasteiger partial charge in [-0.2, -0.15) is 0 Å². The predicted octanol–water partition coefficient (Wildman–Crippen LogP) is 4.29. The van der Waals surface area contributed by atoms with Crippen LogP contribution in [0.1, 0.15) is 30.4 Å². The summed E-state index contributed by atoms with van der Waals surface area (Å²) in [6, 6.07) is 19.8. The number of benzene rings is 2. The first-order valence-corrected chi connectivity index (χ1v) is 7.93. The summed E-state index contributed by atoms with van der Waals surface area (Å²) in [6.07, 6.45) is 5.09. The van der Waals surface area contributed by atoms with Gasteiger partial charge in [-0.05, 0) is 55.5 Å². The molecule has 2 aromatic rings. The van der Waals surface area contributed by atoms with E-state index < -0.39 is 0 Å². The fourth-order valence-electron chi connectivity index (χ4n) is 3.33. The van der Waals surface area contributed by atoms with Crippen LogP contribution in [0.25, 0.3) is 0 Å². The van der Waals surface area contributed by atoms with Crippen molar-refractivity contribution in [1.82, 2.24) is 4.90 Å². The molecule has 2 aromatic carbocycles. The number of halogens is 1. The molecule has 1 saturated heterocycles. The van der Waals surface area contributed by atoms with Gasteiger partial charge in [-0.1, -0.05) is 42.5 Å². The van der Waals surface area contributed by atoms with Crippen LogP contribution in [-0.4, -0.2) is 17.5 Å². The molecule has 22 heavy (non-hydrogen) atoms. The van der Waals surface area contributed by atoms with Crippen molar-refractivity contribution in [2.75, 3.05) is 12.3 Å². The first-order chi connectivity index (χ1) is 10.3. The van der Waals surface area contributed by atoms with E-state index in [4.69, 9.17) is 5.73 Å². The summed E-state index contributed by atoms with van der Waals surface area (Å²) in [5.41, 5.74) is 9.54. The lowest BCUT2D eigenvalue weighted by molar-refractivity contribution is 0.235. The lowest BCUT2D eigenvalue weighted by Crippen LogP contribution is -2.29. The van der Waals surface area contributed by atoms with Gasteiger partial charge in [0, 0.05) is 18.3 Å². The maximum Gasteiger partial charge on any atom is 0.0317 e. The summed E-state index contributed by atoms with van der Waals surface area (Å²) in [5, 5.41) is 0. The number of aryl methyl sites for hydroxylation is 1. The Labute approximate surface area is 139 Å². The van der Waals surface area contributed by atoms with Gasteiger partial charge >= 0.3 is 0 Å². The third kappa shape index (κ3) is 4.49. The van der Waals surface area contributed by atoms with E-state index in [-0.39, 0.29) is 12.4 Å². The Morgan fingerprint density at radius 3 is 2.55 bits per heavy atom. The fraction of sp³-hybridized carbons (Fsp3) is 0.368. The molecule has 0 spiro atoms. The van der Waals surface area contributed by atoms with Crippen molar-refractivity contribution in [2.45, 2.75) is 38.3 Å². The number of likely N-dealkylation sites (tertiary alicyclic amines) is 1. The van der Waals surface area contributed by atoms with Crippen molar-refractivity contribution in [3.05, 3.63) is 65.7 Å². The van der Waals surface area contributed by atoms with Crippen LogP contribution in [0.3, 0.4) is 0 Å². The van der Waals surface area contributed by atoms with Crippen LogP contribution in [0, 0.1) is 0 Å². The Balaban J connectivity index is 0.00000176. The Morgan fingerprint density at radius 1 is 1.00 bits per heavy atom. The summed E-state index contributed by atoms with van der Waals surface area (Å²) in [5.74, 6) is 0. The van der Waals surface area contributed by atoms with E-state index in [0.29, 0.717) is 6.04 Å². The fourth-order valence-corrected chi connectivity index (χ4v) is 3.33. The van der Waals surface area contributed by atoms with Crippen LogP contribution in [0.2, 0.25) is 0 Å². The number of nitrogen functional groups attached to an aromatic ring is 1. The van der Waals surface area contributed by atoms with Gasteiger partial charge in [0.05, 0.1) is 0 Å². The van der Waals surface area contributed by atoms with Crippen molar-refractivity contribution in [1.29, 1.82) is 0 Å². The Kier molecular flexibility index (Phi) is 6.29. The normalized spacial score (nSPS) is 18.1. The molecule has 0 aromatic heterocycles. The van der Waals surface area contributed by atoms with Gasteiger partial charge in [0.2, 0.25) is 0 Å². The van der Waals surface area contributed by atoms with E-state index >= 15 is 0 Å². The highest BCUT2D eigenvalue weighted by Crippen LogP contribution is 2.24. The van der Waals surface area contributed by atoms with E-state index in [1.807, 2.05) is 6.07 Å². The van der Waals surface area contributed by atoms with Crippen molar-refractivity contribution in [3.8, 4) is 0 Å². The lowest BCUT2D eigenvalue weighted by Gasteiger charge is -2.24. The largest absolute Gasteiger partial charge is 0.399 e. The van der Waals surface area contributed by atoms with Gasteiger partial charge in [0.25, 0.3) is 0 Å². The smallest absolute Gasteiger partial charge is 0.0317 e. The molecular weight excluding hydrogens is 292 g/mol. The molecule has 0 saturated carbocycles. The molecular formula is C19H25ClN2. The molecule has 0 radical (unpaired) electrons. The van der Waals surface area contributed by atoms with Gasteiger partial charge in [-0.15, -0.1) is 12.4 Å². The minimum Gasteiger partial charge on any atom is -0.399 e. The number of nitrogens with zero attached hydrogens (tertiary/aromatic N) is 1. The minimum absolute atomic E-state index is 0. The van der Waals surface area contributed by atoms with Crippen LogP contribution in [0.4, 0.5) is 5.69 Å². The second kappa shape index (κ2) is 8.21. The lowest BCUT2D eigenvalue weighted by atomic mass is 10.0. The van der Waals surface area contributed by atoms with E-state index in [1.54, 1.807) is 0 Å². The van der Waals surface area contributed by atoms with Gasteiger partial charge in [-0.25, -0.2) is 0 Å². The highest BCUT2D eigenvalue weighted by atomic mass is 35.5. The molecule has 1 aliphatic rings. The van der Waals surface area contributed by atoms with Gasteiger partial charge in [0.15, 0.2) is 0 Å². The zero-order valence-corrected chi connectivity index (χ0v) is 13.8. The zero-order valence-electron chi connectivity index (χ0n) is 12.9. The van der Waals surface area contributed by atoms with E-state index in [1.165, 1.54) is 43.4 Å². The Morgan fingerprint density at radius 2 is 1.77 bits per heavy atom. The molecule has 1 aliphatic heterocycles. The van der Waals surface area contributed by atoms with E-state index in [0.717, 1.165) is 12.2 Å². The third-order valence-corrected chi connectivity index (χ3v) is 4.44. The molecule has 0 bridgehead atoms. The molecule has 3 rings (SSSR count). The number of hydrogen-bond donors (Lipinski definition) is 1. The van der Waals surface area contributed by atoms with Crippen LogP contribution in [0.15, 0.2) is 54.6 Å². The van der Waals surface area contributed by atoms with Gasteiger partial charge in [0.1, 0.15) is 0 Å². The second-order valence-electron chi connectivity index (χ2n) is 6.04. The van der Waals surface area contributed by atoms with Crippen LogP contribution in [0.5, 0.6) is 0 Å². The first kappa shape index (κ1) is 16.9. The highest BCUT2D eigenvalue weighted by Gasteiger charge is 2.24. The number of hydrogen-bond acceptors (Lipinski definition) is 2. The minimum atomic E-state index is 0. The molecule has 1 unspecified atom stereocenters. The third-order valence-electron chi connectivity index (χ3n) is 4.44. The van der Waals surface area contributed by atoms with Crippen LogP contribution in [-0.2, 0) is 13.0 Å². The predicted molar refractivity (Wildman–Crippen MR) is 96.3 cm³/mol. The summed E-state index contributed by atoms with van der Waals surface area (Å²) in [4.78, 5) is 2.62. The molecule has 0 amide bonds. The number of rotatable bonds is 5. The van der Waals surface area contributed by atoms with Crippen molar-refractivity contribution < 1.29 is 0 Å². The summed E-state index contributed by atoms with van der Waals surface area (Å²) < 4.78 is 0. The Hall–Kier alpha value is -1.51. The number of anilines is 1. The highest BCUT2D eigenvalue weighted by molar-refractivity contribution is 5.85. The quantitative estimate of drug-likeness (QED) is 0.834. The SMILES string of the molecule is Cl.Nc1cccc(CN2CCCC2CCc2ccccc2)c1. The molecule has 1 heterocycles. The molecule has 3 heteroatoms. The molecule has 2 N–H and O–H groups in total. The Bertz CT molecular complexity index is 571. The molecule has 2 nitrogen and oxygen atoms in total. The van der Waals surface area contributed by atoms with E-state index in [2.05, 4.69) is 53.4 Å².